The maximum absolute atomic E-state index is 14.1. The molecule has 12 heteroatoms. The molecule has 0 radical (unpaired) electrons. The highest BCUT2D eigenvalue weighted by Crippen LogP contribution is 2.38. The molecule has 0 saturated carbocycles. The van der Waals surface area contributed by atoms with Gasteiger partial charge in [0.15, 0.2) is 5.13 Å². The number of hydrogen-bond acceptors (Lipinski definition) is 8. The Bertz CT molecular complexity index is 1340. The normalized spacial score (nSPS) is 17.1. The Morgan fingerprint density at radius 1 is 1.19 bits per heavy atom. The number of hydrogen-bond donors (Lipinski definition) is 0. The van der Waals surface area contributed by atoms with E-state index in [-0.39, 0.29) is 10.1 Å². The third-order valence-electron chi connectivity index (χ3n) is 6.25. The Hall–Kier alpha value is -1.76. The molecule has 4 rings (SSSR count). The van der Waals surface area contributed by atoms with Gasteiger partial charge in [0.25, 0.3) is 10.0 Å². The largest absolute Gasteiger partial charge is 0.494 e. The molecular formula is C24H31ClN4O4S3. The number of amides is 1. The molecule has 3 aromatic rings. The summed E-state index contributed by atoms with van der Waals surface area (Å²) in [6, 6.07) is 6.14. The molecule has 1 aliphatic rings. The maximum atomic E-state index is 14.1. The molecule has 1 aliphatic heterocycles. The van der Waals surface area contributed by atoms with Gasteiger partial charge in [0.05, 0.1) is 16.1 Å². The second-order valence-corrected chi connectivity index (χ2v) is 13.9. The molecule has 1 saturated heterocycles. The molecule has 1 amide bonds. The van der Waals surface area contributed by atoms with Gasteiger partial charge >= 0.3 is 0 Å². The van der Waals surface area contributed by atoms with E-state index in [2.05, 4.69) is 4.90 Å². The van der Waals surface area contributed by atoms with Gasteiger partial charge in [-0.3, -0.25) is 9.69 Å². The van der Waals surface area contributed by atoms with Gasteiger partial charge < -0.3 is 9.64 Å². The van der Waals surface area contributed by atoms with Crippen LogP contribution < -0.4 is 9.64 Å². The van der Waals surface area contributed by atoms with Crippen LogP contribution in [0.4, 0.5) is 5.13 Å². The van der Waals surface area contributed by atoms with Gasteiger partial charge in [-0.05, 0) is 70.6 Å². The van der Waals surface area contributed by atoms with Gasteiger partial charge in [0.1, 0.15) is 21.5 Å². The molecule has 0 spiro atoms. The molecule has 1 aromatic carbocycles. The van der Waals surface area contributed by atoms with E-state index in [9.17, 15) is 13.2 Å². The van der Waals surface area contributed by atoms with Gasteiger partial charge in [-0.15, -0.1) is 11.3 Å². The smallest absolute Gasteiger partial charge is 0.253 e. The van der Waals surface area contributed by atoms with Gasteiger partial charge in [0.2, 0.25) is 5.91 Å². The van der Waals surface area contributed by atoms with Crippen molar-refractivity contribution in [2.75, 3.05) is 45.7 Å². The Morgan fingerprint density at radius 3 is 2.64 bits per heavy atom. The van der Waals surface area contributed by atoms with E-state index in [0.29, 0.717) is 46.7 Å². The molecule has 1 atom stereocenters. The first-order valence-corrected chi connectivity index (χ1v) is 15.3. The van der Waals surface area contributed by atoms with Crippen LogP contribution in [0.3, 0.4) is 0 Å². The maximum Gasteiger partial charge on any atom is 0.253 e. The lowest BCUT2D eigenvalue weighted by Crippen LogP contribution is -2.53. The van der Waals surface area contributed by atoms with Crippen molar-refractivity contribution in [3.63, 3.8) is 0 Å². The van der Waals surface area contributed by atoms with Gasteiger partial charge in [0, 0.05) is 13.1 Å². The van der Waals surface area contributed by atoms with E-state index >= 15 is 0 Å². The molecule has 1 unspecified atom stereocenters. The zero-order valence-corrected chi connectivity index (χ0v) is 24.1. The summed E-state index contributed by atoms with van der Waals surface area (Å²) in [6.07, 6.45) is 2.69. The Labute approximate surface area is 225 Å². The van der Waals surface area contributed by atoms with Crippen LogP contribution in [0.1, 0.15) is 31.2 Å². The summed E-state index contributed by atoms with van der Waals surface area (Å²) < 4.78 is 35.4. The topological polar surface area (TPSA) is 83.0 Å². The second kappa shape index (κ2) is 11.3. The lowest BCUT2D eigenvalue weighted by molar-refractivity contribution is -0.123. The molecule has 196 valence electrons. The van der Waals surface area contributed by atoms with Crippen LogP contribution >= 0.6 is 34.3 Å². The summed E-state index contributed by atoms with van der Waals surface area (Å²) in [5.74, 6) is 0.408. The fourth-order valence-corrected chi connectivity index (χ4v) is 8.74. The van der Waals surface area contributed by atoms with E-state index in [0.717, 1.165) is 41.0 Å². The highest BCUT2D eigenvalue weighted by molar-refractivity contribution is 7.91. The van der Waals surface area contributed by atoms with E-state index < -0.39 is 16.1 Å². The highest BCUT2D eigenvalue weighted by atomic mass is 35.5. The van der Waals surface area contributed by atoms with Crippen molar-refractivity contribution in [3.05, 3.63) is 34.2 Å². The number of aryl methyl sites for hydroxylation is 1. The van der Waals surface area contributed by atoms with Crippen LogP contribution in [0.5, 0.6) is 5.75 Å². The van der Waals surface area contributed by atoms with Crippen molar-refractivity contribution in [1.29, 1.82) is 0 Å². The molecule has 8 nitrogen and oxygen atoms in total. The molecule has 0 aliphatic carbocycles. The van der Waals surface area contributed by atoms with Crippen molar-refractivity contribution in [1.82, 2.24) is 14.2 Å². The van der Waals surface area contributed by atoms with Crippen molar-refractivity contribution >= 4 is 65.6 Å². The first-order chi connectivity index (χ1) is 17.1. The van der Waals surface area contributed by atoms with Gasteiger partial charge in [-0.25, -0.2) is 13.4 Å². The summed E-state index contributed by atoms with van der Waals surface area (Å²) in [4.78, 5) is 22.6. The van der Waals surface area contributed by atoms with Crippen LogP contribution in [0, 0.1) is 6.92 Å². The molecule has 0 N–H and O–H groups in total. The summed E-state index contributed by atoms with van der Waals surface area (Å²) in [5, 5.41) is 0.559. The molecule has 1 fully saturated rings. The number of rotatable bonds is 9. The monoisotopic (exact) mass is 570 g/mol. The SMILES string of the molecule is COc1ccc(C)c2sc(N(CCCN(C)C)C(=O)C3CCCCN3S(=O)(=O)c3ccc(Cl)s3)nc12. The number of thiazole rings is 1. The number of thiophene rings is 1. The summed E-state index contributed by atoms with van der Waals surface area (Å²) in [7, 11) is 1.72. The molecule has 2 aromatic heterocycles. The second-order valence-electron chi connectivity index (χ2n) is 9.09. The number of benzene rings is 1. The zero-order chi connectivity index (χ0) is 26.0. The summed E-state index contributed by atoms with van der Waals surface area (Å²) in [5.41, 5.74) is 1.76. The quantitative estimate of drug-likeness (QED) is 0.365. The minimum atomic E-state index is -3.85. The first-order valence-electron chi connectivity index (χ1n) is 11.8. The predicted molar refractivity (Wildman–Crippen MR) is 147 cm³/mol. The third-order valence-corrected chi connectivity index (χ3v) is 11.1. The predicted octanol–water partition coefficient (Wildman–Crippen LogP) is 4.86. The Balaban J connectivity index is 1.72. The standard InChI is InChI=1S/C24H31ClN4O4S3/c1-16-9-10-18(33-4)21-22(16)35-24(26-21)28(14-7-13-27(2)3)23(30)17-8-5-6-15-29(17)36(31,32)20-12-11-19(25)34-20/h9-12,17H,5-8,13-15H2,1-4H3. The van der Waals surface area contributed by atoms with Crippen LogP contribution in [-0.2, 0) is 14.8 Å². The number of methoxy groups -OCH3 is 1. The van der Waals surface area contributed by atoms with Crippen molar-refractivity contribution in [2.45, 2.75) is 42.9 Å². The third kappa shape index (κ3) is 5.56. The number of ether oxygens (including phenoxy) is 1. The van der Waals surface area contributed by atoms with Crippen LogP contribution in [0.2, 0.25) is 4.34 Å². The Kier molecular flexibility index (Phi) is 8.58. The molecular weight excluding hydrogens is 540 g/mol. The highest BCUT2D eigenvalue weighted by Gasteiger charge is 2.41. The van der Waals surface area contributed by atoms with E-state index in [1.54, 1.807) is 18.1 Å². The van der Waals surface area contributed by atoms with Crippen LogP contribution in [-0.4, -0.2) is 75.4 Å². The summed E-state index contributed by atoms with van der Waals surface area (Å²) >= 11 is 8.48. The molecule has 0 bridgehead atoms. The average molecular weight is 571 g/mol. The van der Waals surface area contributed by atoms with E-state index in [4.69, 9.17) is 21.3 Å². The van der Waals surface area contributed by atoms with Crippen LogP contribution in [0.15, 0.2) is 28.5 Å². The lowest BCUT2D eigenvalue weighted by atomic mass is 10.0. The van der Waals surface area contributed by atoms with Crippen LogP contribution in [0.25, 0.3) is 10.2 Å². The first kappa shape index (κ1) is 27.3. The number of halogens is 1. The fourth-order valence-electron chi connectivity index (χ4n) is 4.40. The number of carbonyl (C=O) groups excluding carboxylic acids is 1. The number of piperidine rings is 1. The minimum Gasteiger partial charge on any atom is -0.494 e. The number of anilines is 1. The number of sulfonamides is 1. The van der Waals surface area contributed by atoms with Crippen molar-refractivity contribution < 1.29 is 17.9 Å². The Morgan fingerprint density at radius 2 is 1.97 bits per heavy atom. The molecule has 3 heterocycles. The van der Waals surface area contributed by atoms with E-state index in [1.807, 2.05) is 33.2 Å². The van der Waals surface area contributed by atoms with Crippen molar-refractivity contribution in [3.8, 4) is 5.75 Å². The number of carbonyl (C=O) groups is 1. The average Bonchev–Trinajstić information content (AvgIpc) is 3.49. The number of aromatic nitrogens is 1. The fraction of sp³-hybridized carbons (Fsp3) is 0.500. The van der Waals surface area contributed by atoms with E-state index in [1.165, 1.54) is 21.7 Å². The lowest BCUT2D eigenvalue weighted by Gasteiger charge is -2.36. The molecule has 36 heavy (non-hydrogen) atoms. The van der Waals surface area contributed by atoms with Gasteiger partial charge in [-0.1, -0.05) is 35.4 Å². The number of fused-ring (bicyclic) bond motifs is 1. The van der Waals surface area contributed by atoms with Gasteiger partial charge in [-0.2, -0.15) is 4.31 Å². The summed E-state index contributed by atoms with van der Waals surface area (Å²) in [6.45, 7) is 3.53. The van der Waals surface area contributed by atoms with Crippen molar-refractivity contribution in [2.24, 2.45) is 0 Å². The zero-order valence-electron chi connectivity index (χ0n) is 20.9. The number of nitrogens with zero attached hydrogens (tertiary/aromatic N) is 4. The minimum absolute atomic E-state index is 0.159.